The second-order valence-corrected chi connectivity index (χ2v) is 12.5. The summed E-state index contributed by atoms with van der Waals surface area (Å²) in [5.74, 6) is 0.259. The largest absolute Gasteiger partial charge is 0.508 e. The van der Waals surface area contributed by atoms with E-state index in [0.717, 1.165) is 43.5 Å². The van der Waals surface area contributed by atoms with Crippen molar-refractivity contribution in [2.24, 2.45) is 5.92 Å². The number of nitrogens with one attached hydrogen (secondary N) is 1. The topological polar surface area (TPSA) is 122 Å². The van der Waals surface area contributed by atoms with E-state index in [9.17, 15) is 25.2 Å². The molecule has 1 aromatic carbocycles. The average molecular weight is 513 g/mol. The fraction of sp³-hybridized carbons (Fsp3) is 0.690. The van der Waals surface area contributed by atoms with Crippen molar-refractivity contribution < 1.29 is 30.0 Å². The first-order valence-electron chi connectivity index (χ1n) is 14.0. The second-order valence-electron chi connectivity index (χ2n) is 12.5. The monoisotopic (exact) mass is 512 g/mol. The van der Waals surface area contributed by atoms with Gasteiger partial charge in [0.1, 0.15) is 5.76 Å². The average Bonchev–Trinajstić information content (AvgIpc) is 3.61. The van der Waals surface area contributed by atoms with Crippen molar-refractivity contribution >= 4 is 5.91 Å². The molecule has 2 heterocycles. The molecule has 8 heteroatoms. The highest BCUT2D eigenvalue weighted by Gasteiger charge is 2.69. The number of amides is 1. The molecule has 6 rings (SSSR count). The third-order valence-corrected chi connectivity index (χ3v) is 10.1. The number of ether oxygens (including phenoxy) is 1. The van der Waals surface area contributed by atoms with Crippen LogP contribution in [-0.2, 0) is 16.6 Å². The lowest BCUT2D eigenvalue weighted by Crippen LogP contribution is -2.73. The number of aliphatic hydroxyl groups excluding tert-OH is 1. The number of carbonyl (C=O) groups excluding carboxylic acids is 1. The minimum atomic E-state index is -1.25. The summed E-state index contributed by atoms with van der Waals surface area (Å²) in [7, 11) is 0. The van der Waals surface area contributed by atoms with Crippen LogP contribution >= 0.6 is 0 Å². The summed E-state index contributed by atoms with van der Waals surface area (Å²) in [5.41, 5.74) is -1.28. The van der Waals surface area contributed by atoms with Crippen LogP contribution in [-0.4, -0.2) is 74.2 Å². The summed E-state index contributed by atoms with van der Waals surface area (Å²) < 4.78 is 6.28. The SMILES string of the molecule is C/C(C(=O)NCC1(O)CCCCC1)=C(/O)[C@@H]1Oc2c(O)ccc3c2[C@@]12CCN(CC1CC1)[C@H](C3)[C@@]2(C)O. The Morgan fingerprint density at radius 1 is 1.16 bits per heavy atom. The molecule has 5 aliphatic rings. The Kier molecular flexibility index (Phi) is 5.82. The number of carbonyl (C=O) groups is 1. The Bertz CT molecular complexity index is 1140. The van der Waals surface area contributed by atoms with Crippen molar-refractivity contribution in [2.75, 3.05) is 19.6 Å². The van der Waals surface area contributed by atoms with Gasteiger partial charge in [-0.3, -0.25) is 9.69 Å². The number of hydrogen-bond acceptors (Lipinski definition) is 7. The van der Waals surface area contributed by atoms with Crippen molar-refractivity contribution in [3.63, 3.8) is 0 Å². The van der Waals surface area contributed by atoms with E-state index < -0.39 is 28.6 Å². The summed E-state index contributed by atoms with van der Waals surface area (Å²) >= 11 is 0. The fourth-order valence-electron chi connectivity index (χ4n) is 7.65. The van der Waals surface area contributed by atoms with Gasteiger partial charge in [0.05, 0.1) is 22.2 Å². The van der Waals surface area contributed by atoms with Gasteiger partial charge in [0, 0.05) is 24.7 Å². The number of likely N-dealkylation sites (tertiary alicyclic amines) is 1. The number of fused-ring (bicyclic) bond motifs is 1. The number of piperidine rings is 1. The summed E-state index contributed by atoms with van der Waals surface area (Å²) in [5, 5.41) is 48.2. The number of aromatic hydroxyl groups is 1. The Balaban J connectivity index is 1.35. The molecule has 2 saturated carbocycles. The highest BCUT2D eigenvalue weighted by atomic mass is 16.5. The molecule has 3 fully saturated rings. The van der Waals surface area contributed by atoms with Crippen molar-refractivity contribution in [1.82, 2.24) is 10.2 Å². The molecule has 8 nitrogen and oxygen atoms in total. The van der Waals surface area contributed by atoms with Crippen LogP contribution in [0.5, 0.6) is 11.5 Å². The molecular weight excluding hydrogens is 472 g/mol. The number of phenols is 1. The zero-order chi connectivity index (χ0) is 26.2. The summed E-state index contributed by atoms with van der Waals surface area (Å²) in [6, 6.07) is 3.37. The Morgan fingerprint density at radius 2 is 1.89 bits per heavy atom. The number of nitrogens with zero attached hydrogens (tertiary/aromatic N) is 1. The normalized spacial score (nSPS) is 34.8. The van der Waals surface area contributed by atoms with Crippen molar-refractivity contribution in [3.8, 4) is 11.5 Å². The van der Waals surface area contributed by atoms with Gasteiger partial charge in [-0.15, -0.1) is 0 Å². The maximum atomic E-state index is 13.1. The van der Waals surface area contributed by atoms with Crippen molar-refractivity contribution in [3.05, 3.63) is 34.6 Å². The number of aliphatic hydroxyl groups is 3. The molecule has 3 aliphatic carbocycles. The summed E-state index contributed by atoms with van der Waals surface area (Å²) in [6.45, 7) is 5.22. The van der Waals surface area contributed by atoms with Crippen LogP contribution in [0.15, 0.2) is 23.5 Å². The van der Waals surface area contributed by atoms with Gasteiger partial charge in [-0.25, -0.2) is 0 Å². The molecule has 1 spiro atoms. The molecular formula is C29H40N2O6. The van der Waals surface area contributed by atoms with Crippen LogP contribution in [0.2, 0.25) is 0 Å². The third-order valence-electron chi connectivity index (χ3n) is 10.1. The maximum absolute atomic E-state index is 13.1. The minimum absolute atomic E-state index is 0.0234. The van der Waals surface area contributed by atoms with E-state index in [0.29, 0.717) is 37.4 Å². The predicted molar refractivity (Wildman–Crippen MR) is 138 cm³/mol. The highest BCUT2D eigenvalue weighted by Crippen LogP contribution is 2.63. The lowest BCUT2D eigenvalue weighted by Gasteiger charge is -2.59. The van der Waals surface area contributed by atoms with E-state index in [4.69, 9.17) is 4.74 Å². The molecule has 1 amide bonds. The standard InChI is InChI=1S/C29H40N2O6/c1-17(26(34)30-16-28(36)10-4-3-5-11-28)23(33)25-29-12-13-31(15-18-6-7-18)21(27(29,2)35)14-19-8-9-20(32)24(37-25)22(19)29/h8-9,18,21,25,32-33,35-36H,3-7,10-16H2,1-2H3,(H,30,34)/b23-17-/t21-,25+,27-,29+/m1/s1. The zero-order valence-electron chi connectivity index (χ0n) is 21.9. The van der Waals surface area contributed by atoms with Gasteiger partial charge in [0.2, 0.25) is 0 Å². The first-order chi connectivity index (χ1) is 17.6. The first kappa shape index (κ1) is 25.0. The predicted octanol–water partition coefficient (Wildman–Crippen LogP) is 2.83. The number of hydrogen-bond donors (Lipinski definition) is 5. The molecule has 2 bridgehead atoms. The molecule has 1 saturated heterocycles. The van der Waals surface area contributed by atoms with Gasteiger partial charge in [-0.2, -0.15) is 0 Å². The number of benzene rings is 1. The molecule has 1 aromatic rings. The van der Waals surface area contributed by atoms with Crippen LogP contribution in [0.25, 0.3) is 0 Å². The lowest BCUT2D eigenvalue weighted by atomic mass is 9.53. The van der Waals surface area contributed by atoms with Crippen LogP contribution < -0.4 is 10.1 Å². The molecule has 0 radical (unpaired) electrons. The van der Waals surface area contributed by atoms with E-state index in [1.165, 1.54) is 12.8 Å². The van der Waals surface area contributed by atoms with E-state index in [1.54, 1.807) is 13.0 Å². The van der Waals surface area contributed by atoms with Crippen LogP contribution in [0, 0.1) is 5.92 Å². The van der Waals surface area contributed by atoms with Crippen LogP contribution in [0.1, 0.15) is 76.3 Å². The highest BCUT2D eigenvalue weighted by molar-refractivity contribution is 5.93. The molecule has 4 atom stereocenters. The third kappa shape index (κ3) is 3.78. The zero-order valence-corrected chi connectivity index (χ0v) is 21.9. The van der Waals surface area contributed by atoms with Crippen LogP contribution in [0.3, 0.4) is 0 Å². The Hall–Kier alpha value is -2.29. The molecule has 37 heavy (non-hydrogen) atoms. The lowest BCUT2D eigenvalue weighted by molar-refractivity contribution is -0.153. The quantitative estimate of drug-likeness (QED) is 0.293. The molecule has 202 valence electrons. The van der Waals surface area contributed by atoms with Crippen molar-refractivity contribution in [2.45, 2.75) is 100 Å². The van der Waals surface area contributed by atoms with Crippen molar-refractivity contribution in [1.29, 1.82) is 0 Å². The number of rotatable bonds is 6. The van der Waals surface area contributed by atoms with Gasteiger partial charge >= 0.3 is 0 Å². The Labute approximate surface area is 218 Å². The van der Waals surface area contributed by atoms with Gasteiger partial charge in [-0.05, 0) is 76.5 Å². The van der Waals surface area contributed by atoms with Gasteiger partial charge in [0.25, 0.3) is 5.91 Å². The maximum Gasteiger partial charge on any atom is 0.250 e. The fourth-order valence-corrected chi connectivity index (χ4v) is 7.65. The van der Waals surface area contributed by atoms with E-state index in [-0.39, 0.29) is 29.7 Å². The first-order valence-corrected chi connectivity index (χ1v) is 14.0. The molecule has 0 aromatic heterocycles. The smallest absolute Gasteiger partial charge is 0.250 e. The summed E-state index contributed by atoms with van der Waals surface area (Å²) in [4.78, 5) is 15.5. The van der Waals surface area contributed by atoms with E-state index in [1.807, 2.05) is 13.0 Å². The minimum Gasteiger partial charge on any atom is -0.508 e. The summed E-state index contributed by atoms with van der Waals surface area (Å²) in [6.07, 6.45) is 6.88. The Morgan fingerprint density at radius 3 is 2.59 bits per heavy atom. The second kappa shape index (κ2) is 8.61. The van der Waals surface area contributed by atoms with E-state index in [2.05, 4.69) is 10.2 Å². The van der Waals surface area contributed by atoms with Crippen LogP contribution in [0.4, 0.5) is 0 Å². The molecule has 0 unspecified atom stereocenters. The van der Waals surface area contributed by atoms with Gasteiger partial charge in [0.15, 0.2) is 17.6 Å². The number of phenolic OH excluding ortho intramolecular Hbond substituents is 1. The molecule has 2 aliphatic heterocycles. The van der Waals surface area contributed by atoms with Gasteiger partial charge in [-0.1, -0.05) is 25.3 Å². The van der Waals surface area contributed by atoms with Gasteiger partial charge < -0.3 is 30.5 Å². The van der Waals surface area contributed by atoms with E-state index >= 15 is 0 Å². The molecule has 5 N–H and O–H groups in total.